The van der Waals surface area contributed by atoms with Crippen molar-refractivity contribution < 1.29 is 0 Å². The molecule has 0 bridgehead atoms. The van der Waals surface area contributed by atoms with E-state index >= 15 is 0 Å². The molecule has 5 nitrogen and oxygen atoms in total. The van der Waals surface area contributed by atoms with E-state index < -0.39 is 0 Å². The van der Waals surface area contributed by atoms with Crippen LogP contribution >= 0.6 is 0 Å². The van der Waals surface area contributed by atoms with E-state index in [1.54, 1.807) is 0 Å². The first-order chi connectivity index (χ1) is 9.72. The fourth-order valence-electron chi connectivity index (χ4n) is 2.85. The van der Waals surface area contributed by atoms with Gasteiger partial charge in [0.15, 0.2) is 5.82 Å². The molecule has 0 amide bonds. The Morgan fingerprint density at radius 1 is 1.15 bits per heavy atom. The van der Waals surface area contributed by atoms with Gasteiger partial charge in [0, 0.05) is 29.2 Å². The van der Waals surface area contributed by atoms with Gasteiger partial charge in [-0.25, -0.2) is 4.98 Å². The third-order valence-electron chi connectivity index (χ3n) is 3.77. The molecule has 2 aromatic heterocycles. The molecule has 0 aliphatic carbocycles. The van der Waals surface area contributed by atoms with Crippen LogP contribution in [0.4, 0.5) is 5.69 Å². The van der Waals surface area contributed by atoms with E-state index in [2.05, 4.69) is 45.6 Å². The number of aromatic nitrogens is 4. The highest BCUT2D eigenvalue weighted by atomic mass is 15.3. The number of fused-ring (bicyclic) bond motifs is 2. The second kappa shape index (κ2) is 4.03. The zero-order chi connectivity index (χ0) is 13.7. The number of hydrogen-bond donors (Lipinski definition) is 1. The van der Waals surface area contributed by atoms with Crippen LogP contribution in [0, 0.1) is 13.8 Å². The van der Waals surface area contributed by atoms with E-state index in [-0.39, 0.29) is 0 Å². The summed E-state index contributed by atoms with van der Waals surface area (Å²) in [7, 11) is 0. The molecular weight excluding hydrogens is 250 g/mol. The topological polar surface area (TPSA) is 55.1 Å². The van der Waals surface area contributed by atoms with E-state index in [4.69, 9.17) is 0 Å². The molecule has 0 saturated carbocycles. The van der Waals surface area contributed by atoms with Crippen molar-refractivity contribution in [2.24, 2.45) is 0 Å². The van der Waals surface area contributed by atoms with E-state index in [9.17, 15) is 0 Å². The lowest BCUT2D eigenvalue weighted by atomic mass is 10.1. The number of nitrogens with one attached hydrogen (secondary N) is 1. The summed E-state index contributed by atoms with van der Waals surface area (Å²) in [5.74, 6) is 1.51. The van der Waals surface area contributed by atoms with Gasteiger partial charge in [0.25, 0.3) is 5.78 Å². The summed E-state index contributed by atoms with van der Waals surface area (Å²) in [6.45, 7) is 5.04. The molecule has 1 aromatic carbocycles. The van der Waals surface area contributed by atoms with Crippen LogP contribution in [0.1, 0.15) is 17.0 Å². The largest absolute Gasteiger partial charge is 0.384 e. The van der Waals surface area contributed by atoms with Crippen LogP contribution in [0.15, 0.2) is 24.3 Å². The molecule has 20 heavy (non-hydrogen) atoms. The van der Waals surface area contributed by atoms with Gasteiger partial charge >= 0.3 is 0 Å². The normalized spacial score (nSPS) is 13.5. The molecule has 0 saturated heterocycles. The van der Waals surface area contributed by atoms with E-state index in [1.807, 2.05) is 17.4 Å². The minimum Gasteiger partial charge on any atom is -0.384 e. The molecule has 1 aliphatic heterocycles. The van der Waals surface area contributed by atoms with Crippen molar-refractivity contribution in [1.29, 1.82) is 0 Å². The van der Waals surface area contributed by atoms with Crippen molar-refractivity contribution >= 4 is 11.5 Å². The first-order valence-corrected chi connectivity index (χ1v) is 6.79. The fourth-order valence-corrected chi connectivity index (χ4v) is 2.85. The summed E-state index contributed by atoms with van der Waals surface area (Å²) < 4.78 is 2.00. The van der Waals surface area contributed by atoms with E-state index in [0.717, 1.165) is 35.7 Å². The molecular formula is C15H15N5. The van der Waals surface area contributed by atoms with Gasteiger partial charge in [-0.3, -0.25) is 4.40 Å². The van der Waals surface area contributed by atoms with Crippen LogP contribution in [-0.2, 0) is 6.42 Å². The predicted molar refractivity (Wildman–Crippen MR) is 77.9 cm³/mol. The average Bonchev–Trinajstić information content (AvgIpc) is 3.03. The van der Waals surface area contributed by atoms with Gasteiger partial charge < -0.3 is 5.32 Å². The average molecular weight is 265 g/mol. The summed E-state index contributed by atoms with van der Waals surface area (Å²) in [5.41, 5.74) is 5.70. The summed E-state index contributed by atoms with van der Waals surface area (Å²) in [4.78, 5) is 4.43. The summed E-state index contributed by atoms with van der Waals surface area (Å²) in [5, 5.41) is 11.9. The zero-order valence-corrected chi connectivity index (χ0v) is 11.5. The third-order valence-corrected chi connectivity index (χ3v) is 3.77. The number of rotatable bonds is 1. The monoisotopic (exact) mass is 265 g/mol. The molecule has 0 fully saturated rings. The summed E-state index contributed by atoms with van der Waals surface area (Å²) in [6, 6.07) is 8.48. The molecule has 3 heterocycles. The highest BCUT2D eigenvalue weighted by Crippen LogP contribution is 2.28. The SMILES string of the molecule is Cc1cc(C)n2c(-c3ccc4c(c3)NCC4)nnc2n1. The van der Waals surface area contributed by atoms with Crippen LogP contribution in [0.2, 0.25) is 0 Å². The molecule has 3 aromatic rings. The predicted octanol–water partition coefficient (Wildman–Crippen LogP) is 2.38. The number of hydrogen-bond acceptors (Lipinski definition) is 4. The van der Waals surface area contributed by atoms with Crippen LogP contribution in [-0.4, -0.2) is 26.1 Å². The molecule has 0 spiro atoms. The number of aryl methyl sites for hydroxylation is 2. The Morgan fingerprint density at radius 3 is 2.95 bits per heavy atom. The van der Waals surface area contributed by atoms with Crippen LogP contribution in [0.25, 0.3) is 17.2 Å². The Bertz CT molecular complexity index is 818. The minimum atomic E-state index is 0.658. The van der Waals surface area contributed by atoms with Gasteiger partial charge in [0.1, 0.15) is 0 Å². The first-order valence-electron chi connectivity index (χ1n) is 6.79. The van der Waals surface area contributed by atoms with Gasteiger partial charge in [-0.15, -0.1) is 10.2 Å². The summed E-state index contributed by atoms with van der Waals surface area (Å²) in [6.07, 6.45) is 1.09. The van der Waals surface area contributed by atoms with Crippen molar-refractivity contribution in [3.63, 3.8) is 0 Å². The van der Waals surface area contributed by atoms with E-state index in [0.29, 0.717) is 5.78 Å². The van der Waals surface area contributed by atoms with Gasteiger partial charge in [0.2, 0.25) is 0 Å². The van der Waals surface area contributed by atoms with Crippen LogP contribution in [0.5, 0.6) is 0 Å². The number of anilines is 1. The second-order valence-corrected chi connectivity index (χ2v) is 5.25. The molecule has 0 atom stereocenters. The molecule has 4 rings (SSSR count). The quantitative estimate of drug-likeness (QED) is 0.734. The molecule has 100 valence electrons. The van der Waals surface area contributed by atoms with Crippen molar-refractivity contribution in [1.82, 2.24) is 19.6 Å². The highest BCUT2D eigenvalue weighted by Gasteiger charge is 2.15. The smallest absolute Gasteiger partial charge is 0.255 e. The summed E-state index contributed by atoms with van der Waals surface area (Å²) >= 11 is 0. The van der Waals surface area contributed by atoms with Gasteiger partial charge in [-0.05, 0) is 38.0 Å². The van der Waals surface area contributed by atoms with Crippen molar-refractivity contribution in [2.75, 3.05) is 11.9 Å². The third kappa shape index (κ3) is 1.59. The van der Waals surface area contributed by atoms with Crippen molar-refractivity contribution in [3.05, 3.63) is 41.2 Å². The maximum Gasteiger partial charge on any atom is 0.255 e. The molecule has 1 N–H and O–H groups in total. The second-order valence-electron chi connectivity index (χ2n) is 5.25. The van der Waals surface area contributed by atoms with Gasteiger partial charge in [0.05, 0.1) is 0 Å². The standard InChI is InChI=1S/C15H15N5/c1-9-7-10(2)20-14(18-19-15(20)17-9)12-4-3-11-5-6-16-13(11)8-12/h3-4,7-8,16H,5-6H2,1-2H3. The Labute approximate surface area is 116 Å². The first kappa shape index (κ1) is 11.4. The maximum absolute atomic E-state index is 4.43. The number of nitrogens with zero attached hydrogens (tertiary/aromatic N) is 4. The van der Waals surface area contributed by atoms with Crippen LogP contribution in [0.3, 0.4) is 0 Å². The van der Waals surface area contributed by atoms with Crippen molar-refractivity contribution in [2.45, 2.75) is 20.3 Å². The molecule has 1 aliphatic rings. The lowest BCUT2D eigenvalue weighted by Crippen LogP contribution is -1.98. The zero-order valence-electron chi connectivity index (χ0n) is 11.5. The molecule has 0 unspecified atom stereocenters. The molecule has 5 heteroatoms. The highest BCUT2D eigenvalue weighted by molar-refractivity contribution is 5.68. The maximum atomic E-state index is 4.43. The van der Waals surface area contributed by atoms with Crippen molar-refractivity contribution in [3.8, 4) is 11.4 Å². The molecule has 0 radical (unpaired) electrons. The Kier molecular flexibility index (Phi) is 2.30. The lowest BCUT2D eigenvalue weighted by molar-refractivity contribution is 1.02. The number of benzene rings is 1. The van der Waals surface area contributed by atoms with Gasteiger partial charge in [-0.1, -0.05) is 12.1 Å². The Balaban J connectivity index is 1.94. The Morgan fingerprint density at radius 2 is 2.05 bits per heavy atom. The van der Waals surface area contributed by atoms with E-state index in [1.165, 1.54) is 11.3 Å². The Hall–Kier alpha value is -2.43. The lowest BCUT2D eigenvalue weighted by Gasteiger charge is -2.06. The fraction of sp³-hybridized carbons (Fsp3) is 0.267. The van der Waals surface area contributed by atoms with Crippen LogP contribution < -0.4 is 5.32 Å². The van der Waals surface area contributed by atoms with Gasteiger partial charge in [-0.2, -0.15) is 0 Å². The minimum absolute atomic E-state index is 0.658.